The predicted molar refractivity (Wildman–Crippen MR) is 97.0 cm³/mol. The van der Waals surface area contributed by atoms with E-state index in [0.29, 0.717) is 18.9 Å². The molecule has 2 aromatic rings. The van der Waals surface area contributed by atoms with Crippen molar-refractivity contribution >= 4 is 11.6 Å². The first-order valence-electron chi connectivity index (χ1n) is 9.39. The Hall–Kier alpha value is -2.44. The summed E-state index contributed by atoms with van der Waals surface area (Å²) in [5, 5.41) is 12.7. The van der Waals surface area contributed by atoms with Gasteiger partial charge in [-0.2, -0.15) is 0 Å². The van der Waals surface area contributed by atoms with E-state index >= 15 is 0 Å². The summed E-state index contributed by atoms with van der Waals surface area (Å²) in [6, 6.07) is 7.94. The summed E-state index contributed by atoms with van der Waals surface area (Å²) in [6.07, 6.45) is 7.12. The molecule has 1 aliphatic heterocycles. The van der Waals surface area contributed by atoms with Gasteiger partial charge in [-0.05, 0) is 60.9 Å². The Labute approximate surface area is 153 Å². The Kier molecular flexibility index (Phi) is 4.38. The maximum absolute atomic E-state index is 12.7. The highest BCUT2D eigenvalue weighted by atomic mass is 16.5. The van der Waals surface area contributed by atoms with E-state index in [9.17, 15) is 4.79 Å². The number of hydrogen-bond donors (Lipinski definition) is 0. The van der Waals surface area contributed by atoms with Gasteiger partial charge >= 0.3 is 0 Å². The second-order valence-electron chi connectivity index (χ2n) is 7.44. The first-order valence-corrected chi connectivity index (χ1v) is 9.39. The van der Waals surface area contributed by atoms with Crippen molar-refractivity contribution in [3.05, 3.63) is 30.1 Å². The van der Waals surface area contributed by atoms with Gasteiger partial charge in [0.1, 0.15) is 11.3 Å². The van der Waals surface area contributed by atoms with Crippen molar-refractivity contribution in [2.45, 2.75) is 63.5 Å². The highest BCUT2D eigenvalue weighted by molar-refractivity contribution is 5.97. The Morgan fingerprint density at radius 1 is 1.15 bits per heavy atom. The van der Waals surface area contributed by atoms with Crippen molar-refractivity contribution in [1.29, 1.82) is 0 Å². The first-order chi connectivity index (χ1) is 12.6. The quantitative estimate of drug-likeness (QED) is 0.842. The zero-order chi connectivity index (χ0) is 18.1. The number of benzene rings is 1. The molecular weight excluding hydrogens is 330 g/mol. The van der Waals surface area contributed by atoms with Gasteiger partial charge in [-0.1, -0.05) is 19.3 Å². The Bertz CT molecular complexity index is 781. The van der Waals surface area contributed by atoms with Gasteiger partial charge in [0.25, 0.3) is 0 Å². The van der Waals surface area contributed by atoms with Crippen LogP contribution in [0.1, 0.15) is 63.7 Å². The number of carbonyl (C=O) groups excluding carboxylic acids is 1. The van der Waals surface area contributed by atoms with Gasteiger partial charge < -0.3 is 4.74 Å². The molecule has 2 fully saturated rings. The molecule has 1 atom stereocenters. The molecule has 0 N–H and O–H groups in total. The number of anilines is 1. The van der Waals surface area contributed by atoms with Crippen molar-refractivity contribution in [3.63, 3.8) is 0 Å². The number of rotatable bonds is 4. The number of nitrogens with zero attached hydrogens (tertiary/aromatic N) is 5. The van der Waals surface area contributed by atoms with E-state index in [0.717, 1.165) is 30.1 Å². The highest BCUT2D eigenvalue weighted by Gasteiger charge is 2.48. The molecule has 1 unspecified atom stereocenters. The molecule has 0 radical (unpaired) electrons. The molecule has 0 spiro atoms. The molecule has 7 nitrogen and oxygen atoms in total. The maximum Gasteiger partial charge on any atom is 0.227 e. The minimum Gasteiger partial charge on any atom is -0.497 e. The van der Waals surface area contributed by atoms with Gasteiger partial charge in [-0.15, -0.1) is 5.10 Å². The number of carbonyl (C=O) groups is 1. The molecule has 7 heteroatoms. The van der Waals surface area contributed by atoms with Crippen LogP contribution in [0.15, 0.2) is 24.3 Å². The minimum atomic E-state index is -0.535. The van der Waals surface area contributed by atoms with Gasteiger partial charge in [-0.25, -0.2) is 4.68 Å². The van der Waals surface area contributed by atoms with E-state index in [1.54, 1.807) is 7.11 Å². The van der Waals surface area contributed by atoms with E-state index in [2.05, 4.69) is 22.4 Å². The van der Waals surface area contributed by atoms with Crippen LogP contribution in [0, 0.1) is 0 Å². The van der Waals surface area contributed by atoms with E-state index in [1.165, 1.54) is 19.3 Å². The van der Waals surface area contributed by atoms with E-state index in [-0.39, 0.29) is 5.91 Å². The molecular formula is C19H25N5O2. The lowest BCUT2D eigenvalue weighted by molar-refractivity contribution is -0.117. The number of ether oxygens (including phenoxy) is 1. The molecule has 4 rings (SSSR count). The summed E-state index contributed by atoms with van der Waals surface area (Å²) < 4.78 is 7.22. The molecule has 1 aliphatic carbocycles. The van der Waals surface area contributed by atoms with Crippen LogP contribution < -0.4 is 9.64 Å². The summed E-state index contributed by atoms with van der Waals surface area (Å²) in [4.78, 5) is 14.6. The molecule has 1 aromatic heterocycles. The monoisotopic (exact) mass is 355 g/mol. The fraction of sp³-hybridized carbons (Fsp3) is 0.579. The van der Waals surface area contributed by atoms with Crippen molar-refractivity contribution in [1.82, 2.24) is 20.2 Å². The SMILES string of the molecule is COc1ccc(N2C(=O)CCC2(C)c2nnnn2C2CCCCC2)cc1. The average molecular weight is 355 g/mol. The van der Waals surface area contributed by atoms with Crippen LogP contribution in [0.25, 0.3) is 0 Å². The molecule has 1 saturated heterocycles. The summed E-state index contributed by atoms with van der Waals surface area (Å²) in [7, 11) is 1.64. The van der Waals surface area contributed by atoms with Gasteiger partial charge in [0.2, 0.25) is 5.91 Å². The number of aromatic nitrogens is 4. The van der Waals surface area contributed by atoms with Crippen LogP contribution >= 0.6 is 0 Å². The van der Waals surface area contributed by atoms with Crippen LogP contribution in [-0.2, 0) is 10.3 Å². The summed E-state index contributed by atoms with van der Waals surface area (Å²) in [6.45, 7) is 2.08. The normalized spacial score (nSPS) is 24.2. The Morgan fingerprint density at radius 2 is 1.88 bits per heavy atom. The average Bonchev–Trinajstić information content (AvgIpc) is 3.29. The van der Waals surface area contributed by atoms with Crippen molar-refractivity contribution in [2.75, 3.05) is 12.0 Å². The fourth-order valence-electron chi connectivity index (χ4n) is 4.34. The van der Waals surface area contributed by atoms with Crippen LogP contribution in [0.2, 0.25) is 0 Å². The molecule has 26 heavy (non-hydrogen) atoms. The summed E-state index contributed by atoms with van der Waals surface area (Å²) in [5.41, 5.74) is 0.320. The third-order valence-corrected chi connectivity index (χ3v) is 5.79. The van der Waals surface area contributed by atoms with Crippen LogP contribution in [0.4, 0.5) is 5.69 Å². The lowest BCUT2D eigenvalue weighted by Crippen LogP contribution is -2.43. The topological polar surface area (TPSA) is 73.1 Å². The second kappa shape index (κ2) is 6.70. The smallest absolute Gasteiger partial charge is 0.227 e. The van der Waals surface area contributed by atoms with Crippen molar-refractivity contribution in [3.8, 4) is 5.75 Å². The van der Waals surface area contributed by atoms with Gasteiger partial charge in [0.05, 0.1) is 13.2 Å². The summed E-state index contributed by atoms with van der Waals surface area (Å²) in [5.74, 6) is 1.68. The van der Waals surface area contributed by atoms with E-state index in [4.69, 9.17) is 4.74 Å². The number of amides is 1. The van der Waals surface area contributed by atoms with Gasteiger partial charge in [-0.3, -0.25) is 9.69 Å². The maximum atomic E-state index is 12.7. The van der Waals surface area contributed by atoms with Crippen LogP contribution in [-0.4, -0.2) is 33.2 Å². The molecule has 1 aromatic carbocycles. The van der Waals surface area contributed by atoms with Crippen LogP contribution in [0.5, 0.6) is 5.75 Å². The number of hydrogen-bond acceptors (Lipinski definition) is 5. The lowest BCUT2D eigenvalue weighted by atomic mass is 9.93. The fourth-order valence-corrected chi connectivity index (χ4v) is 4.34. The number of tetrazole rings is 1. The minimum absolute atomic E-state index is 0.107. The Morgan fingerprint density at radius 3 is 2.58 bits per heavy atom. The molecule has 1 amide bonds. The molecule has 2 aliphatic rings. The predicted octanol–water partition coefficient (Wildman–Crippen LogP) is 3.23. The van der Waals surface area contributed by atoms with Gasteiger partial charge in [0, 0.05) is 12.1 Å². The molecule has 1 saturated carbocycles. The molecule has 0 bridgehead atoms. The Balaban J connectivity index is 1.72. The van der Waals surface area contributed by atoms with Crippen molar-refractivity contribution in [2.24, 2.45) is 0 Å². The molecule has 138 valence electrons. The zero-order valence-electron chi connectivity index (χ0n) is 15.4. The standard InChI is InChI=1S/C19H25N5O2/c1-19(18-20-21-22-24(18)15-6-4-3-5-7-15)13-12-17(25)23(19)14-8-10-16(26-2)11-9-14/h8-11,15H,3-7,12-13H2,1-2H3. The van der Waals surface area contributed by atoms with E-state index < -0.39 is 5.54 Å². The van der Waals surface area contributed by atoms with E-state index in [1.807, 2.05) is 33.8 Å². The first kappa shape index (κ1) is 17.0. The third kappa shape index (κ3) is 2.75. The largest absolute Gasteiger partial charge is 0.497 e. The molecule has 2 heterocycles. The number of methoxy groups -OCH3 is 1. The summed E-state index contributed by atoms with van der Waals surface area (Å²) >= 11 is 0. The lowest BCUT2D eigenvalue weighted by Gasteiger charge is -2.35. The second-order valence-corrected chi connectivity index (χ2v) is 7.44. The third-order valence-electron chi connectivity index (χ3n) is 5.79. The highest BCUT2D eigenvalue weighted by Crippen LogP contribution is 2.43. The van der Waals surface area contributed by atoms with Gasteiger partial charge in [0.15, 0.2) is 5.82 Å². The van der Waals surface area contributed by atoms with Crippen LogP contribution in [0.3, 0.4) is 0 Å². The zero-order valence-corrected chi connectivity index (χ0v) is 15.4. The van der Waals surface area contributed by atoms with Crippen molar-refractivity contribution < 1.29 is 9.53 Å².